The quantitative estimate of drug-likeness (QED) is 0.0162. The lowest BCUT2D eigenvalue weighted by Gasteiger charge is -2.28. The smallest absolute Gasteiger partial charge is 0.328 e. The van der Waals surface area contributed by atoms with Crippen molar-refractivity contribution in [1.29, 1.82) is 0 Å². The van der Waals surface area contributed by atoms with Gasteiger partial charge in [-0.05, 0) is 70.3 Å². The average molecular weight is 949 g/mol. The third-order valence-corrected chi connectivity index (χ3v) is 9.69. The molecule has 0 aromatic heterocycles. The Labute approximate surface area is 378 Å². The number of nitrogens with zero attached hydrogens (tertiary/aromatic N) is 2. The first-order valence-electron chi connectivity index (χ1n) is 20.2. The maximum Gasteiger partial charge on any atom is 0.328 e. The van der Waals surface area contributed by atoms with Gasteiger partial charge in [0.25, 0.3) is 0 Å². The van der Waals surface area contributed by atoms with E-state index < -0.39 is 140 Å². The van der Waals surface area contributed by atoms with Gasteiger partial charge < -0.3 is 86.7 Å². The largest absolute Gasteiger partial charge is 0.481 e. The maximum absolute atomic E-state index is 14.0. The van der Waals surface area contributed by atoms with Crippen LogP contribution in [0.4, 0.5) is 0 Å². The minimum Gasteiger partial charge on any atom is -0.481 e. The predicted octanol–water partition coefficient (Wildman–Crippen LogP) is -6.46. The van der Waals surface area contributed by atoms with Crippen LogP contribution in [-0.4, -0.2) is 165 Å². The lowest BCUT2D eigenvalue weighted by Crippen LogP contribution is -2.60. The number of primary amides is 1. The third kappa shape index (κ3) is 26.0. The van der Waals surface area contributed by atoms with Gasteiger partial charge in [-0.1, -0.05) is 0 Å². The van der Waals surface area contributed by atoms with Gasteiger partial charge in [0.05, 0.1) is 12.1 Å². The molecule has 0 aliphatic heterocycles. The molecule has 0 aromatic carbocycles. The molecule has 368 valence electrons. The fourth-order valence-electron chi connectivity index (χ4n) is 5.56. The molecule has 0 aliphatic carbocycles. The number of thioether (sulfide) groups is 1. The number of carbonyl (C=O) groups excluding carboxylic acids is 7. The summed E-state index contributed by atoms with van der Waals surface area (Å²) in [6.45, 7) is 1.06. The van der Waals surface area contributed by atoms with Crippen LogP contribution in [0.2, 0.25) is 0 Å². The van der Waals surface area contributed by atoms with E-state index in [9.17, 15) is 63.3 Å². The molecular formula is C36H64N14O14S. The molecule has 8 atom stereocenters. The highest BCUT2D eigenvalue weighted by molar-refractivity contribution is 7.98. The number of hydrogen-bond acceptors (Lipinski definition) is 15. The number of guanidine groups is 2. The molecule has 0 saturated carbocycles. The molecule has 65 heavy (non-hydrogen) atoms. The molecule has 0 aliphatic rings. The highest BCUT2D eigenvalue weighted by Crippen LogP contribution is 2.10. The minimum absolute atomic E-state index is 0.0144. The highest BCUT2D eigenvalue weighted by atomic mass is 32.2. The van der Waals surface area contributed by atoms with Crippen molar-refractivity contribution in [2.75, 3.05) is 25.1 Å². The third-order valence-electron chi connectivity index (χ3n) is 9.04. The lowest BCUT2D eigenvalue weighted by atomic mass is 10.0. The van der Waals surface area contributed by atoms with Crippen LogP contribution >= 0.6 is 11.8 Å². The summed E-state index contributed by atoms with van der Waals surface area (Å²) in [7, 11) is 0. The summed E-state index contributed by atoms with van der Waals surface area (Å²) in [4.78, 5) is 135. The molecule has 7 amide bonds. The van der Waals surface area contributed by atoms with Crippen LogP contribution in [0.5, 0.6) is 0 Å². The van der Waals surface area contributed by atoms with Gasteiger partial charge in [0, 0.05) is 32.4 Å². The fraction of sp³-hybridized carbons (Fsp3) is 0.667. The van der Waals surface area contributed by atoms with E-state index in [0.29, 0.717) is 0 Å². The molecule has 0 bridgehead atoms. The summed E-state index contributed by atoms with van der Waals surface area (Å²) < 4.78 is 0. The van der Waals surface area contributed by atoms with Gasteiger partial charge in [-0.3, -0.25) is 53.1 Å². The van der Waals surface area contributed by atoms with E-state index in [-0.39, 0.29) is 69.3 Å². The molecule has 28 nitrogen and oxygen atoms in total. The zero-order valence-corrected chi connectivity index (χ0v) is 37.0. The molecule has 0 aromatic rings. The second-order valence-corrected chi connectivity index (χ2v) is 15.5. The second kappa shape index (κ2) is 31.4. The topological polar surface area (TPSA) is 505 Å². The van der Waals surface area contributed by atoms with Gasteiger partial charge in [0.1, 0.15) is 30.2 Å². The molecular weight excluding hydrogens is 885 g/mol. The molecule has 29 heteroatoms. The van der Waals surface area contributed by atoms with Gasteiger partial charge in [0.15, 0.2) is 18.0 Å². The van der Waals surface area contributed by atoms with E-state index in [2.05, 4.69) is 41.9 Å². The number of aliphatic imine (C=N–C) groups is 2. The van der Waals surface area contributed by atoms with Crippen molar-refractivity contribution < 1.29 is 68.4 Å². The number of aliphatic carboxylic acids is 3. The van der Waals surface area contributed by atoms with Crippen molar-refractivity contribution in [3.8, 4) is 0 Å². The Morgan fingerprint density at radius 2 is 0.877 bits per heavy atom. The zero-order valence-electron chi connectivity index (χ0n) is 36.2. The number of hydrogen-bond donors (Lipinski definition) is 16. The number of carboxylic acid groups (broad SMARTS) is 3. The first-order valence-corrected chi connectivity index (χ1v) is 21.6. The number of aliphatic hydroxyl groups is 1. The van der Waals surface area contributed by atoms with Gasteiger partial charge in [-0.25, -0.2) is 4.79 Å². The normalized spacial score (nSPS) is 14.5. The van der Waals surface area contributed by atoms with E-state index >= 15 is 0 Å². The Morgan fingerprint density at radius 1 is 0.523 bits per heavy atom. The standard InChI is InChI=1S/C36H64N14O14S/c1-17(51)27(34(63)64)50-33(62)20(6-4-15-44-36(41)42)47-29(58)19(5-3-14-43-35(39)40)46-30(59)21(8-10-24(38)52)48-32(61)23(13-16-65-2)49-31(60)22(9-12-26(55)56)45-28(57)18(37)7-11-25(53)54/h17-23,27,51H,3-16,37H2,1-2H3,(H2,38,52)(H,45,57)(H,46,59)(H,47,58)(H,48,61)(H,49,60)(H,50,62)(H,53,54)(H,55,56)(H,63,64)(H4,39,40,43)(H4,41,42,44)/t17-,18+,19+,20+,21+,22+,23+,27+/m1/s1. The zero-order chi connectivity index (χ0) is 49.8. The number of carbonyl (C=O) groups is 10. The number of aliphatic hydroxyl groups excluding tert-OH is 1. The van der Waals surface area contributed by atoms with E-state index in [1.807, 2.05) is 0 Å². The highest BCUT2D eigenvalue weighted by Gasteiger charge is 2.34. The van der Waals surface area contributed by atoms with E-state index in [0.717, 1.165) is 6.92 Å². The van der Waals surface area contributed by atoms with Gasteiger partial charge in [-0.15, -0.1) is 0 Å². The summed E-state index contributed by atoms with van der Waals surface area (Å²) >= 11 is 1.26. The molecule has 0 spiro atoms. The van der Waals surface area contributed by atoms with E-state index in [1.54, 1.807) is 6.26 Å². The molecule has 0 heterocycles. The van der Waals surface area contributed by atoms with Crippen molar-refractivity contribution in [2.45, 2.75) is 126 Å². The summed E-state index contributed by atoms with van der Waals surface area (Å²) in [5, 5.41) is 51.9. The molecule has 0 saturated heterocycles. The molecule has 0 fully saturated rings. The van der Waals surface area contributed by atoms with Crippen LogP contribution in [0.25, 0.3) is 0 Å². The fourth-order valence-corrected chi connectivity index (χ4v) is 6.03. The Kier molecular flexibility index (Phi) is 28.2. The summed E-state index contributed by atoms with van der Waals surface area (Å²) in [5.41, 5.74) is 32.7. The number of nitrogens with two attached hydrogens (primary N) is 6. The molecule has 22 N–H and O–H groups in total. The Balaban J connectivity index is 6.73. The average Bonchev–Trinajstić information content (AvgIpc) is 3.21. The predicted molar refractivity (Wildman–Crippen MR) is 234 cm³/mol. The van der Waals surface area contributed by atoms with Gasteiger partial charge in [-0.2, -0.15) is 11.8 Å². The van der Waals surface area contributed by atoms with E-state index in [1.165, 1.54) is 11.8 Å². The van der Waals surface area contributed by atoms with Crippen molar-refractivity contribution >= 4 is 82.9 Å². The van der Waals surface area contributed by atoms with Gasteiger partial charge >= 0.3 is 17.9 Å². The Hall–Kier alpha value is -6.49. The van der Waals surface area contributed by atoms with Crippen LogP contribution in [-0.2, 0) is 47.9 Å². The lowest BCUT2D eigenvalue weighted by molar-refractivity contribution is -0.145. The van der Waals surface area contributed by atoms with Crippen molar-refractivity contribution in [3.63, 3.8) is 0 Å². The van der Waals surface area contributed by atoms with Crippen molar-refractivity contribution in [2.24, 2.45) is 44.4 Å². The number of amides is 7. The number of nitrogens with one attached hydrogen (secondary N) is 6. The Morgan fingerprint density at radius 3 is 1.23 bits per heavy atom. The van der Waals surface area contributed by atoms with Crippen molar-refractivity contribution in [3.05, 3.63) is 0 Å². The Bertz CT molecular complexity index is 1710. The summed E-state index contributed by atoms with van der Waals surface area (Å²) in [6.07, 6.45) is -2.99. The monoisotopic (exact) mass is 948 g/mol. The molecule has 0 unspecified atom stereocenters. The van der Waals surface area contributed by atoms with Crippen LogP contribution < -0.4 is 66.3 Å². The van der Waals surface area contributed by atoms with Crippen LogP contribution in [0.1, 0.15) is 77.6 Å². The summed E-state index contributed by atoms with van der Waals surface area (Å²) in [5.74, 6) is -11.4. The minimum atomic E-state index is -1.78. The number of carboxylic acids is 3. The van der Waals surface area contributed by atoms with Crippen LogP contribution in [0.15, 0.2) is 9.98 Å². The van der Waals surface area contributed by atoms with E-state index in [4.69, 9.17) is 39.5 Å². The SMILES string of the molecule is CSCC[C@H](NC(=O)[C@H](CCC(=O)O)NC(=O)[C@@H](N)CCC(=O)O)C(=O)N[C@@H](CCC(N)=O)C(=O)N[C@@H](CCCN=C(N)N)C(=O)N[C@@H](CCCN=C(N)N)C(=O)N[C@H](C(=O)O)[C@@H](C)O. The van der Waals surface area contributed by atoms with Crippen LogP contribution in [0.3, 0.4) is 0 Å². The first kappa shape index (κ1) is 58.5. The number of rotatable bonds is 34. The first-order chi connectivity index (χ1) is 30.4. The van der Waals surface area contributed by atoms with Gasteiger partial charge in [0.2, 0.25) is 41.4 Å². The maximum atomic E-state index is 14.0. The molecule has 0 rings (SSSR count). The second-order valence-electron chi connectivity index (χ2n) is 14.5. The van der Waals surface area contributed by atoms with Crippen LogP contribution in [0, 0.1) is 0 Å². The molecule has 0 radical (unpaired) electrons. The summed E-state index contributed by atoms with van der Waals surface area (Å²) in [6, 6.07) is -10.8. The van der Waals surface area contributed by atoms with Crippen molar-refractivity contribution in [1.82, 2.24) is 31.9 Å².